The molecule has 1 aliphatic heterocycles. The molecule has 2 amide bonds. The van der Waals surface area contributed by atoms with E-state index < -0.39 is 0 Å². The number of likely N-dealkylation sites (tertiary alicyclic amines) is 1. The minimum absolute atomic E-state index is 0.0673. The van der Waals surface area contributed by atoms with E-state index in [9.17, 15) is 10.1 Å². The fraction of sp³-hybridized carbons (Fsp3) is 0.846. The van der Waals surface area contributed by atoms with Crippen LogP contribution in [0.25, 0.3) is 0 Å². The van der Waals surface area contributed by atoms with Crippen molar-refractivity contribution >= 4 is 6.03 Å². The summed E-state index contributed by atoms with van der Waals surface area (Å²) in [7, 11) is 5.50. The molecule has 0 aromatic rings. The number of likely N-dealkylation sites (N-methyl/N-ethyl adjacent to an activating group) is 1. The molecule has 1 saturated heterocycles. The Bertz CT molecular complexity index is 402. The first-order valence-electron chi connectivity index (χ1n) is 6.42. The van der Waals surface area contributed by atoms with Crippen LogP contribution in [-0.2, 0) is 0 Å². The van der Waals surface area contributed by atoms with Crippen molar-refractivity contribution in [1.29, 1.82) is 5.26 Å². The molecule has 2 fully saturated rings. The topological polar surface area (TPSA) is 59.4 Å². The Morgan fingerprint density at radius 1 is 1.56 bits per heavy atom. The highest BCUT2D eigenvalue weighted by Crippen LogP contribution is 2.50. The van der Waals surface area contributed by atoms with E-state index >= 15 is 0 Å². The molecule has 3 atom stereocenters. The molecule has 1 unspecified atom stereocenters. The first kappa shape index (κ1) is 13.2. The Kier molecular flexibility index (Phi) is 3.02. The van der Waals surface area contributed by atoms with Crippen LogP contribution < -0.4 is 5.32 Å². The highest BCUT2D eigenvalue weighted by atomic mass is 16.2. The van der Waals surface area contributed by atoms with Gasteiger partial charge >= 0.3 is 6.03 Å². The number of hydrogen-bond donors (Lipinski definition) is 1. The molecule has 0 aromatic carbocycles. The lowest BCUT2D eigenvalue weighted by molar-refractivity contribution is 0.173. The fourth-order valence-electron chi connectivity index (χ4n) is 3.63. The third-order valence-corrected chi connectivity index (χ3v) is 4.52. The van der Waals surface area contributed by atoms with Crippen molar-refractivity contribution in [2.75, 3.05) is 34.2 Å². The number of fused-ring (bicyclic) bond motifs is 1. The lowest BCUT2D eigenvalue weighted by Gasteiger charge is -2.30. The van der Waals surface area contributed by atoms with E-state index in [1.807, 2.05) is 18.9 Å². The maximum Gasteiger partial charge on any atom is 0.319 e. The van der Waals surface area contributed by atoms with Gasteiger partial charge in [0, 0.05) is 32.7 Å². The lowest BCUT2D eigenvalue weighted by atomic mass is 9.87. The summed E-state index contributed by atoms with van der Waals surface area (Å²) in [5, 5.41) is 12.7. The van der Waals surface area contributed by atoms with Crippen molar-refractivity contribution < 1.29 is 4.79 Å². The molecule has 100 valence electrons. The minimum atomic E-state index is -0.249. The smallest absolute Gasteiger partial charge is 0.319 e. The van der Waals surface area contributed by atoms with Crippen molar-refractivity contribution in [3.8, 4) is 6.07 Å². The van der Waals surface area contributed by atoms with E-state index in [1.54, 1.807) is 19.0 Å². The van der Waals surface area contributed by atoms with Gasteiger partial charge in [0.2, 0.25) is 0 Å². The van der Waals surface area contributed by atoms with Crippen LogP contribution in [0, 0.1) is 22.7 Å². The predicted molar refractivity (Wildman–Crippen MR) is 68.9 cm³/mol. The van der Waals surface area contributed by atoms with E-state index in [0.29, 0.717) is 12.5 Å². The molecule has 2 aliphatic rings. The second-order valence-electron chi connectivity index (χ2n) is 6.21. The number of rotatable bonds is 1. The van der Waals surface area contributed by atoms with Gasteiger partial charge in [-0.25, -0.2) is 4.79 Å². The lowest BCUT2D eigenvalue weighted by Crippen LogP contribution is -2.49. The predicted octanol–water partition coefficient (Wildman–Crippen LogP) is 0.882. The number of nitrogens with zero attached hydrogens (tertiary/aromatic N) is 3. The SMILES string of the molecule is CN[C@]12CN(C(=O)N(C)C)CC1C[C@@](C)(C#N)C2. The van der Waals surface area contributed by atoms with Crippen molar-refractivity contribution in [2.24, 2.45) is 11.3 Å². The number of nitriles is 1. The molecule has 0 radical (unpaired) electrons. The van der Waals surface area contributed by atoms with Crippen LogP contribution in [0.5, 0.6) is 0 Å². The van der Waals surface area contributed by atoms with Gasteiger partial charge in [0.05, 0.1) is 11.5 Å². The van der Waals surface area contributed by atoms with E-state index in [1.165, 1.54) is 0 Å². The average molecular weight is 250 g/mol. The standard InChI is InChI=1S/C13H22N4O/c1-12(8-14)5-10-6-17(11(18)16(3)4)9-13(10,7-12)15-2/h10,15H,5-7,9H2,1-4H3/t10?,12-,13-/m1/s1. The van der Waals surface area contributed by atoms with Crippen LogP contribution in [0.1, 0.15) is 19.8 Å². The number of carbonyl (C=O) groups excluding carboxylic acids is 1. The van der Waals surface area contributed by atoms with E-state index in [4.69, 9.17) is 0 Å². The van der Waals surface area contributed by atoms with Crippen LogP contribution in [0.4, 0.5) is 4.79 Å². The third kappa shape index (κ3) is 1.85. The molecule has 0 bridgehead atoms. The van der Waals surface area contributed by atoms with E-state index in [-0.39, 0.29) is 17.0 Å². The van der Waals surface area contributed by atoms with Crippen LogP contribution in [0.3, 0.4) is 0 Å². The Labute approximate surface area is 109 Å². The highest BCUT2D eigenvalue weighted by molar-refractivity contribution is 5.74. The quantitative estimate of drug-likeness (QED) is 0.751. The Balaban J connectivity index is 2.17. The second-order valence-corrected chi connectivity index (χ2v) is 6.21. The van der Waals surface area contributed by atoms with Gasteiger partial charge in [-0.15, -0.1) is 0 Å². The van der Waals surface area contributed by atoms with Gasteiger partial charge in [0.1, 0.15) is 0 Å². The van der Waals surface area contributed by atoms with E-state index in [0.717, 1.165) is 19.4 Å². The van der Waals surface area contributed by atoms with Gasteiger partial charge in [-0.2, -0.15) is 5.26 Å². The van der Waals surface area contributed by atoms with Gasteiger partial charge in [-0.3, -0.25) is 0 Å². The highest BCUT2D eigenvalue weighted by Gasteiger charge is 2.57. The summed E-state index contributed by atoms with van der Waals surface area (Å²) in [6.07, 6.45) is 1.70. The molecule has 1 N–H and O–H groups in total. The monoisotopic (exact) mass is 250 g/mol. The van der Waals surface area contributed by atoms with Gasteiger partial charge in [0.15, 0.2) is 0 Å². The molecule has 2 rings (SSSR count). The molecule has 1 aliphatic carbocycles. The van der Waals surface area contributed by atoms with Gasteiger partial charge in [-0.1, -0.05) is 0 Å². The fourth-order valence-corrected chi connectivity index (χ4v) is 3.63. The van der Waals surface area contributed by atoms with Crippen molar-refractivity contribution in [3.05, 3.63) is 0 Å². The van der Waals surface area contributed by atoms with Crippen molar-refractivity contribution in [2.45, 2.75) is 25.3 Å². The largest absolute Gasteiger partial charge is 0.331 e. The maximum absolute atomic E-state index is 12.0. The van der Waals surface area contributed by atoms with Crippen LogP contribution in [0.2, 0.25) is 0 Å². The molecule has 5 nitrogen and oxygen atoms in total. The third-order valence-electron chi connectivity index (χ3n) is 4.52. The maximum atomic E-state index is 12.0. The zero-order valence-corrected chi connectivity index (χ0v) is 11.7. The molecule has 5 heteroatoms. The Morgan fingerprint density at radius 3 is 2.67 bits per heavy atom. The molecule has 18 heavy (non-hydrogen) atoms. The number of nitrogens with one attached hydrogen (secondary N) is 1. The summed E-state index contributed by atoms with van der Waals surface area (Å²) in [5.41, 5.74) is -0.322. The molecular formula is C13H22N4O. The summed E-state index contributed by atoms with van der Waals surface area (Å²) in [5.74, 6) is 0.385. The van der Waals surface area contributed by atoms with Crippen LogP contribution in [0.15, 0.2) is 0 Å². The molecule has 1 heterocycles. The van der Waals surface area contributed by atoms with Gasteiger partial charge in [0.25, 0.3) is 0 Å². The summed E-state index contributed by atoms with van der Waals surface area (Å²) in [6.45, 7) is 3.50. The van der Waals surface area contributed by atoms with Gasteiger partial charge < -0.3 is 15.1 Å². The summed E-state index contributed by atoms with van der Waals surface area (Å²) < 4.78 is 0. The summed E-state index contributed by atoms with van der Waals surface area (Å²) in [6, 6.07) is 2.51. The Morgan fingerprint density at radius 2 is 2.22 bits per heavy atom. The first-order valence-corrected chi connectivity index (χ1v) is 6.42. The summed E-state index contributed by atoms with van der Waals surface area (Å²) in [4.78, 5) is 15.5. The number of carbonyl (C=O) groups is 1. The number of amides is 2. The van der Waals surface area contributed by atoms with Gasteiger partial charge in [-0.05, 0) is 32.7 Å². The van der Waals surface area contributed by atoms with Crippen molar-refractivity contribution in [3.63, 3.8) is 0 Å². The van der Waals surface area contributed by atoms with Crippen molar-refractivity contribution in [1.82, 2.24) is 15.1 Å². The molecular weight excluding hydrogens is 228 g/mol. The summed E-state index contributed by atoms with van der Waals surface area (Å²) >= 11 is 0. The van der Waals surface area contributed by atoms with Crippen LogP contribution in [-0.4, -0.2) is 55.6 Å². The molecule has 0 aromatic heterocycles. The first-order chi connectivity index (χ1) is 8.36. The second kappa shape index (κ2) is 4.13. The normalized spacial score (nSPS) is 38.4. The number of urea groups is 1. The zero-order valence-electron chi connectivity index (χ0n) is 11.7. The zero-order chi connectivity index (χ0) is 13.6. The number of hydrogen-bond acceptors (Lipinski definition) is 3. The molecule has 0 spiro atoms. The minimum Gasteiger partial charge on any atom is -0.331 e. The Hall–Kier alpha value is -1.28. The van der Waals surface area contributed by atoms with E-state index in [2.05, 4.69) is 11.4 Å². The average Bonchev–Trinajstić information content (AvgIpc) is 2.79. The molecule has 1 saturated carbocycles. The van der Waals surface area contributed by atoms with Crippen LogP contribution >= 0.6 is 0 Å².